The van der Waals surface area contributed by atoms with Crippen LogP contribution in [0.1, 0.15) is 58.3 Å². The van der Waals surface area contributed by atoms with Crippen molar-refractivity contribution in [3.63, 3.8) is 0 Å². The Kier molecular flexibility index (Phi) is 12.3. The summed E-state index contributed by atoms with van der Waals surface area (Å²) in [7, 11) is 1.63. The molecule has 2 fully saturated rings. The number of likely N-dealkylation sites (tertiary alicyclic amines) is 1. The molecule has 10 nitrogen and oxygen atoms in total. The van der Waals surface area contributed by atoms with Gasteiger partial charge >= 0.3 is 0 Å². The van der Waals surface area contributed by atoms with E-state index in [2.05, 4.69) is 20.6 Å². The van der Waals surface area contributed by atoms with Crippen LogP contribution in [-0.4, -0.2) is 92.3 Å². The third-order valence-corrected chi connectivity index (χ3v) is 6.59. The highest BCUT2D eigenvalue weighted by atomic mass is 16.2. The van der Waals surface area contributed by atoms with Crippen molar-refractivity contribution in [3.8, 4) is 0 Å². The number of nitrogens with zero attached hydrogens (tertiary/aromatic N) is 4. The Hall–Kier alpha value is -2.78. The fraction of sp³-hybridized carbons (Fsp3) is 0.750. The summed E-state index contributed by atoms with van der Waals surface area (Å²) in [4.78, 5) is 60.4. The van der Waals surface area contributed by atoms with E-state index in [4.69, 9.17) is 0 Å². The normalized spacial score (nSPS) is 19.9. The molecule has 0 aromatic carbocycles. The molecule has 190 valence electrons. The molecule has 0 aromatic heterocycles. The van der Waals surface area contributed by atoms with E-state index in [9.17, 15) is 19.2 Å². The molecule has 1 aliphatic carbocycles. The van der Waals surface area contributed by atoms with Crippen molar-refractivity contribution in [3.05, 3.63) is 0 Å². The van der Waals surface area contributed by atoms with Gasteiger partial charge in [-0.25, -0.2) is 4.99 Å². The van der Waals surface area contributed by atoms with Crippen LogP contribution >= 0.6 is 0 Å². The summed E-state index contributed by atoms with van der Waals surface area (Å²) in [5, 5.41) is 5.75. The van der Waals surface area contributed by atoms with Gasteiger partial charge in [0.1, 0.15) is 12.3 Å². The Balaban J connectivity index is 2.03. The van der Waals surface area contributed by atoms with E-state index < -0.39 is 6.04 Å². The maximum atomic E-state index is 13.5. The van der Waals surface area contributed by atoms with Gasteiger partial charge in [-0.05, 0) is 31.6 Å². The second kappa shape index (κ2) is 15.2. The number of nitrogens with one attached hydrogen (secondary N) is 2. The molecule has 2 atom stereocenters. The lowest BCUT2D eigenvalue weighted by Gasteiger charge is -2.32. The topological polar surface area (TPSA) is 124 Å². The Labute approximate surface area is 202 Å². The number of hydrogen-bond acceptors (Lipinski definition) is 5. The predicted octanol–water partition coefficient (Wildman–Crippen LogP) is 1.00. The van der Waals surface area contributed by atoms with Crippen molar-refractivity contribution in [1.29, 1.82) is 0 Å². The van der Waals surface area contributed by atoms with Crippen molar-refractivity contribution in [2.75, 3.05) is 39.8 Å². The lowest BCUT2D eigenvalue weighted by atomic mass is 9.91. The van der Waals surface area contributed by atoms with E-state index in [1.165, 1.54) is 17.7 Å². The predicted molar refractivity (Wildman–Crippen MR) is 132 cm³/mol. The largest absolute Gasteiger partial charge is 0.358 e. The fourth-order valence-corrected chi connectivity index (χ4v) is 4.89. The first-order chi connectivity index (χ1) is 16.5. The lowest BCUT2D eigenvalue weighted by Crippen LogP contribution is -2.52. The van der Waals surface area contributed by atoms with Gasteiger partial charge < -0.3 is 25.2 Å². The van der Waals surface area contributed by atoms with Crippen LogP contribution < -0.4 is 10.6 Å². The molecule has 0 bridgehead atoms. The van der Waals surface area contributed by atoms with Crippen LogP contribution in [0.25, 0.3) is 0 Å². The number of carbonyl (C=O) groups excluding carboxylic acids is 4. The zero-order valence-electron chi connectivity index (χ0n) is 20.6. The summed E-state index contributed by atoms with van der Waals surface area (Å²) < 4.78 is 0. The lowest BCUT2D eigenvalue weighted by molar-refractivity contribution is -0.146. The molecule has 1 saturated heterocycles. The molecule has 2 N–H and O–H groups in total. The Bertz CT molecular complexity index is 735. The number of amides is 3. The molecule has 3 amide bonds. The number of carbonyl (C=O) groups is 4. The number of aliphatic imine (C=N–C) groups is 2. The van der Waals surface area contributed by atoms with E-state index in [-0.39, 0.29) is 30.8 Å². The van der Waals surface area contributed by atoms with Crippen molar-refractivity contribution in [2.45, 2.75) is 64.3 Å². The second-order valence-electron chi connectivity index (χ2n) is 8.94. The van der Waals surface area contributed by atoms with Crippen molar-refractivity contribution in [2.24, 2.45) is 21.8 Å². The number of rotatable bonds is 13. The van der Waals surface area contributed by atoms with Crippen LogP contribution in [-0.2, 0) is 19.2 Å². The van der Waals surface area contributed by atoms with E-state index in [1.807, 2.05) is 6.92 Å². The van der Waals surface area contributed by atoms with Crippen molar-refractivity contribution < 1.29 is 19.2 Å². The monoisotopic (exact) mass is 476 g/mol. The standard InChI is InChI=1S/C24H40N6O4/c1-3-10-27-24(25-2)28-11-13-29(14-15-31)23(34)21-9-6-12-30(21)22(33)20(17-26-18-32)16-19-7-4-5-8-19/h10,15,18-21H,3-9,11-14,16-17H2,1-2H3,(H,25,28)(H,26,32)/b27-10-/t20?,21-/m0/s1. The first-order valence-electron chi connectivity index (χ1n) is 12.5. The zero-order chi connectivity index (χ0) is 24.8. The minimum absolute atomic E-state index is 0.0337. The molecule has 0 aromatic rings. The van der Waals surface area contributed by atoms with Crippen LogP contribution in [0.4, 0.5) is 0 Å². The molecule has 34 heavy (non-hydrogen) atoms. The smallest absolute Gasteiger partial charge is 0.245 e. The molecule has 0 spiro atoms. The third-order valence-electron chi connectivity index (χ3n) is 6.59. The zero-order valence-corrected chi connectivity index (χ0v) is 20.6. The Morgan fingerprint density at radius 2 is 1.94 bits per heavy atom. The molecule has 1 heterocycles. The minimum Gasteiger partial charge on any atom is -0.358 e. The number of aldehydes is 1. The minimum atomic E-state index is -0.577. The number of hydrogen-bond donors (Lipinski definition) is 2. The van der Waals surface area contributed by atoms with E-state index in [0.717, 1.165) is 32.1 Å². The molecule has 2 rings (SSSR count). The highest BCUT2D eigenvalue weighted by Crippen LogP contribution is 2.32. The van der Waals surface area contributed by atoms with Gasteiger partial charge in [-0.1, -0.05) is 32.6 Å². The van der Waals surface area contributed by atoms with Gasteiger partial charge in [0.05, 0.1) is 12.5 Å². The average molecular weight is 477 g/mol. The first kappa shape index (κ1) is 27.5. The van der Waals surface area contributed by atoms with Crippen LogP contribution in [0, 0.1) is 11.8 Å². The van der Waals surface area contributed by atoms with Gasteiger partial charge in [0.2, 0.25) is 24.2 Å². The Morgan fingerprint density at radius 3 is 2.59 bits per heavy atom. The maximum absolute atomic E-state index is 13.5. The van der Waals surface area contributed by atoms with Gasteiger partial charge in [0, 0.05) is 39.4 Å². The quantitative estimate of drug-likeness (QED) is 0.233. The summed E-state index contributed by atoms with van der Waals surface area (Å²) in [5.41, 5.74) is 0. The summed E-state index contributed by atoms with van der Waals surface area (Å²) >= 11 is 0. The fourth-order valence-electron chi connectivity index (χ4n) is 4.89. The van der Waals surface area contributed by atoms with Gasteiger partial charge in [-0.3, -0.25) is 19.4 Å². The molecular formula is C24H40N6O4. The molecular weight excluding hydrogens is 436 g/mol. The average Bonchev–Trinajstić information content (AvgIpc) is 3.54. The summed E-state index contributed by atoms with van der Waals surface area (Å²) in [6, 6.07) is -0.577. The van der Waals surface area contributed by atoms with E-state index in [0.29, 0.717) is 50.6 Å². The highest BCUT2D eigenvalue weighted by Gasteiger charge is 2.39. The molecule has 2 aliphatic rings. The van der Waals surface area contributed by atoms with E-state index >= 15 is 0 Å². The molecule has 1 unspecified atom stereocenters. The second-order valence-corrected chi connectivity index (χ2v) is 8.94. The van der Waals surface area contributed by atoms with Gasteiger partial charge in [-0.15, -0.1) is 0 Å². The SMILES string of the molecule is CC/C=N\C(=NC)NCCN(CC=O)C(=O)[C@@H]1CCCN1C(=O)C(CNC=O)CC1CCCC1. The summed E-state index contributed by atoms with van der Waals surface area (Å²) in [6.45, 7) is 3.44. The molecule has 0 radical (unpaired) electrons. The molecule has 10 heteroatoms. The first-order valence-corrected chi connectivity index (χ1v) is 12.5. The summed E-state index contributed by atoms with van der Waals surface area (Å²) in [6.07, 6.45) is 10.5. The van der Waals surface area contributed by atoms with Crippen LogP contribution in [0.5, 0.6) is 0 Å². The maximum Gasteiger partial charge on any atom is 0.245 e. The molecule has 1 aliphatic heterocycles. The van der Waals surface area contributed by atoms with Crippen molar-refractivity contribution >= 4 is 36.7 Å². The van der Waals surface area contributed by atoms with Crippen molar-refractivity contribution in [1.82, 2.24) is 20.4 Å². The summed E-state index contributed by atoms with van der Waals surface area (Å²) in [5.74, 6) is 0.338. The van der Waals surface area contributed by atoms with Crippen LogP contribution in [0.3, 0.4) is 0 Å². The molecule has 1 saturated carbocycles. The van der Waals surface area contributed by atoms with E-state index in [1.54, 1.807) is 18.2 Å². The van der Waals surface area contributed by atoms with Gasteiger partial charge in [0.15, 0.2) is 0 Å². The Morgan fingerprint density at radius 1 is 1.18 bits per heavy atom. The van der Waals surface area contributed by atoms with Crippen LogP contribution in [0.15, 0.2) is 9.98 Å². The van der Waals surface area contributed by atoms with Crippen LogP contribution in [0.2, 0.25) is 0 Å². The highest BCUT2D eigenvalue weighted by molar-refractivity contribution is 5.90. The third kappa shape index (κ3) is 8.22. The van der Waals surface area contributed by atoms with Gasteiger partial charge in [0.25, 0.3) is 0 Å². The number of guanidine groups is 1. The van der Waals surface area contributed by atoms with Gasteiger partial charge in [-0.2, -0.15) is 0 Å².